The molecule has 2 aromatic carbocycles. The minimum atomic E-state index is 0.630. The van der Waals surface area contributed by atoms with E-state index in [4.69, 9.17) is 9.51 Å². The lowest BCUT2D eigenvalue weighted by Gasteiger charge is -2.32. The van der Waals surface area contributed by atoms with Crippen LogP contribution in [0.15, 0.2) is 59.3 Å². The van der Waals surface area contributed by atoms with Crippen LogP contribution >= 0.6 is 0 Å². The Bertz CT molecular complexity index is 1170. The highest BCUT2D eigenvalue weighted by molar-refractivity contribution is 5.89. The Hall–Kier alpha value is -3.29. The number of aromatic nitrogens is 3. The van der Waals surface area contributed by atoms with Crippen LogP contribution in [0, 0.1) is 6.92 Å². The van der Waals surface area contributed by atoms with Crippen molar-refractivity contribution in [2.24, 2.45) is 0 Å². The van der Waals surface area contributed by atoms with Crippen LogP contribution in [0.5, 0.6) is 0 Å². The summed E-state index contributed by atoms with van der Waals surface area (Å²) in [5.41, 5.74) is 8.17. The number of fused-ring (bicyclic) bond motifs is 1. The molecule has 1 aliphatic heterocycles. The van der Waals surface area contributed by atoms with Crippen molar-refractivity contribution < 1.29 is 4.52 Å². The summed E-state index contributed by atoms with van der Waals surface area (Å²) in [7, 11) is 2.14. The quantitative estimate of drug-likeness (QED) is 0.558. The highest BCUT2D eigenvalue weighted by Gasteiger charge is 2.18. The van der Waals surface area contributed by atoms with Gasteiger partial charge in [-0.15, -0.1) is 0 Å². The summed E-state index contributed by atoms with van der Waals surface area (Å²) in [5.74, 6) is 1.42. The van der Waals surface area contributed by atoms with Crippen LogP contribution in [0.2, 0.25) is 0 Å². The maximum absolute atomic E-state index is 5.53. The van der Waals surface area contributed by atoms with E-state index in [9.17, 15) is 0 Å². The normalized spacial score (nSPS) is 15.5. The van der Waals surface area contributed by atoms with Gasteiger partial charge in [-0.25, -0.2) is 15.0 Å². The Balaban J connectivity index is 1.45. The van der Waals surface area contributed by atoms with Crippen molar-refractivity contribution in [3.63, 3.8) is 0 Å². The van der Waals surface area contributed by atoms with Crippen molar-refractivity contribution in [2.45, 2.75) is 6.92 Å². The number of hydrazine groups is 1. The first kappa shape index (κ1) is 18.7. The topological polar surface area (TPSA) is 70.3 Å². The van der Waals surface area contributed by atoms with Crippen LogP contribution in [0.3, 0.4) is 0 Å². The van der Waals surface area contributed by atoms with Gasteiger partial charge in [0, 0.05) is 43.3 Å². The molecule has 30 heavy (non-hydrogen) atoms. The van der Waals surface area contributed by atoms with E-state index >= 15 is 0 Å². The predicted octanol–water partition coefficient (Wildman–Crippen LogP) is 3.83. The minimum Gasteiger partial charge on any atom is -0.360 e. The Kier molecular flexibility index (Phi) is 4.90. The number of anilines is 1. The van der Waals surface area contributed by atoms with Crippen LogP contribution < -0.4 is 5.43 Å². The number of hydrogen-bond donors (Lipinski definition) is 1. The monoisotopic (exact) mass is 400 g/mol. The Morgan fingerprint density at radius 1 is 0.967 bits per heavy atom. The van der Waals surface area contributed by atoms with E-state index in [1.807, 2.05) is 49.5 Å². The van der Waals surface area contributed by atoms with Crippen LogP contribution in [-0.2, 0) is 0 Å². The first-order valence-electron chi connectivity index (χ1n) is 10.2. The Morgan fingerprint density at radius 2 is 1.77 bits per heavy atom. The molecule has 0 atom stereocenters. The maximum Gasteiger partial charge on any atom is 0.238 e. The molecule has 4 aromatic rings. The van der Waals surface area contributed by atoms with Crippen molar-refractivity contribution in [1.82, 2.24) is 25.0 Å². The molecule has 7 heteroatoms. The molecule has 1 aliphatic rings. The Morgan fingerprint density at radius 3 is 2.57 bits per heavy atom. The molecule has 5 rings (SSSR count). The maximum atomic E-state index is 5.53. The average Bonchev–Trinajstić information content (AvgIpc) is 3.17. The third-order valence-corrected chi connectivity index (χ3v) is 5.54. The zero-order valence-electron chi connectivity index (χ0n) is 17.2. The number of likely N-dealkylation sites (N-methyl/N-ethyl adjacent to an activating group) is 1. The van der Waals surface area contributed by atoms with Gasteiger partial charge in [0.15, 0.2) is 0 Å². The van der Waals surface area contributed by atoms with E-state index < -0.39 is 0 Å². The number of nitrogens with zero attached hydrogens (tertiary/aromatic N) is 5. The van der Waals surface area contributed by atoms with Gasteiger partial charge in [-0.1, -0.05) is 41.6 Å². The highest BCUT2D eigenvalue weighted by Crippen LogP contribution is 2.35. The molecular weight excluding hydrogens is 376 g/mol. The van der Waals surface area contributed by atoms with E-state index in [-0.39, 0.29) is 0 Å². The van der Waals surface area contributed by atoms with E-state index in [0.717, 1.165) is 65.2 Å². The molecule has 0 unspecified atom stereocenters. The van der Waals surface area contributed by atoms with Gasteiger partial charge < -0.3 is 9.42 Å². The molecule has 0 radical (unpaired) electrons. The third kappa shape index (κ3) is 3.65. The molecule has 0 spiro atoms. The number of aryl methyl sites for hydroxylation is 1. The standard InChI is InChI=1S/C23H24N6O/c1-16-21(22(27-30-16)17-6-4-3-5-7-17)18-8-9-20-19(14-18)15-24-23(25-20)26-29-12-10-28(2)11-13-29/h3-9,14-15H,10-13H2,1-2H3,(H,24,25,26). The SMILES string of the molecule is Cc1onc(-c2ccccc2)c1-c1ccc2nc(NN3CCN(C)CC3)ncc2c1. The molecule has 2 aromatic heterocycles. The number of nitrogens with one attached hydrogen (secondary N) is 1. The molecule has 1 N–H and O–H groups in total. The zero-order chi connectivity index (χ0) is 20.5. The molecule has 0 saturated carbocycles. The lowest BCUT2D eigenvalue weighted by Crippen LogP contribution is -2.47. The van der Waals surface area contributed by atoms with Crippen LogP contribution in [0.25, 0.3) is 33.3 Å². The fourth-order valence-corrected chi connectivity index (χ4v) is 3.81. The number of benzene rings is 2. The summed E-state index contributed by atoms with van der Waals surface area (Å²) in [5, 5.41) is 7.45. The second-order valence-corrected chi connectivity index (χ2v) is 7.70. The molecule has 7 nitrogen and oxygen atoms in total. The number of rotatable bonds is 4. The lowest BCUT2D eigenvalue weighted by atomic mass is 9.98. The predicted molar refractivity (Wildman–Crippen MR) is 118 cm³/mol. The molecule has 0 aliphatic carbocycles. The average molecular weight is 400 g/mol. The molecule has 152 valence electrons. The molecule has 0 bridgehead atoms. The van der Waals surface area contributed by atoms with E-state index in [1.165, 1.54) is 0 Å². The van der Waals surface area contributed by atoms with E-state index in [0.29, 0.717) is 5.95 Å². The summed E-state index contributed by atoms with van der Waals surface area (Å²) in [4.78, 5) is 11.5. The van der Waals surface area contributed by atoms with Gasteiger partial charge in [0.1, 0.15) is 11.5 Å². The molecule has 3 heterocycles. The van der Waals surface area contributed by atoms with Gasteiger partial charge in [0.25, 0.3) is 0 Å². The summed E-state index contributed by atoms with van der Waals surface area (Å²) in [6.07, 6.45) is 1.87. The fraction of sp³-hybridized carbons (Fsp3) is 0.261. The summed E-state index contributed by atoms with van der Waals surface area (Å²) in [6.45, 7) is 5.91. The van der Waals surface area contributed by atoms with Gasteiger partial charge in [-0.3, -0.25) is 5.43 Å². The Labute approximate surface area is 175 Å². The van der Waals surface area contributed by atoms with Crippen molar-refractivity contribution in [2.75, 3.05) is 38.7 Å². The van der Waals surface area contributed by atoms with Crippen LogP contribution in [0.1, 0.15) is 5.76 Å². The second kappa shape index (κ2) is 7.85. The van der Waals surface area contributed by atoms with E-state index in [1.54, 1.807) is 0 Å². The highest BCUT2D eigenvalue weighted by atomic mass is 16.5. The summed E-state index contributed by atoms with van der Waals surface area (Å²) in [6, 6.07) is 16.3. The van der Waals surface area contributed by atoms with Crippen LogP contribution in [-0.4, -0.2) is 58.3 Å². The molecule has 0 amide bonds. The van der Waals surface area contributed by atoms with Gasteiger partial charge >= 0.3 is 0 Å². The van der Waals surface area contributed by atoms with Crippen LogP contribution in [0.4, 0.5) is 5.95 Å². The molecular formula is C23H24N6O. The number of hydrogen-bond acceptors (Lipinski definition) is 7. The van der Waals surface area contributed by atoms with Crippen molar-refractivity contribution in [3.8, 4) is 22.4 Å². The second-order valence-electron chi connectivity index (χ2n) is 7.70. The lowest BCUT2D eigenvalue weighted by molar-refractivity contribution is 0.178. The molecule has 1 fully saturated rings. The van der Waals surface area contributed by atoms with Gasteiger partial charge in [0.05, 0.1) is 11.1 Å². The van der Waals surface area contributed by atoms with Gasteiger partial charge in [-0.05, 0) is 31.7 Å². The summed E-state index contributed by atoms with van der Waals surface area (Å²) < 4.78 is 5.53. The van der Waals surface area contributed by atoms with Crippen molar-refractivity contribution >= 4 is 16.9 Å². The first-order chi connectivity index (χ1) is 14.7. The van der Waals surface area contributed by atoms with Crippen molar-refractivity contribution in [3.05, 3.63) is 60.5 Å². The third-order valence-electron chi connectivity index (χ3n) is 5.54. The number of piperazine rings is 1. The zero-order valence-corrected chi connectivity index (χ0v) is 17.2. The van der Waals surface area contributed by atoms with Gasteiger partial charge in [0.2, 0.25) is 5.95 Å². The van der Waals surface area contributed by atoms with Crippen molar-refractivity contribution in [1.29, 1.82) is 0 Å². The molecule has 1 saturated heterocycles. The van der Waals surface area contributed by atoms with Gasteiger partial charge in [-0.2, -0.15) is 0 Å². The largest absolute Gasteiger partial charge is 0.360 e. The first-order valence-corrected chi connectivity index (χ1v) is 10.2. The fourth-order valence-electron chi connectivity index (χ4n) is 3.81. The minimum absolute atomic E-state index is 0.630. The smallest absolute Gasteiger partial charge is 0.238 e. The summed E-state index contributed by atoms with van der Waals surface area (Å²) >= 11 is 0. The van der Waals surface area contributed by atoms with E-state index in [2.05, 4.69) is 44.7 Å².